The Balaban J connectivity index is 1.85. The minimum Gasteiger partial charge on any atom is -0.416 e. The molecule has 3 rings (SSSR count). The highest BCUT2D eigenvalue weighted by atomic mass is 32.1. The van der Waals surface area contributed by atoms with E-state index >= 15 is 0 Å². The van der Waals surface area contributed by atoms with Crippen molar-refractivity contribution in [1.29, 1.82) is 0 Å². The van der Waals surface area contributed by atoms with Gasteiger partial charge in [0, 0.05) is 26.8 Å². The molecule has 1 aromatic heterocycles. The van der Waals surface area contributed by atoms with Gasteiger partial charge in [-0.15, -0.1) is 11.3 Å². The Hall–Kier alpha value is -2.31. The van der Waals surface area contributed by atoms with E-state index in [4.69, 9.17) is 4.74 Å². The van der Waals surface area contributed by atoms with Crippen LogP contribution in [0.25, 0.3) is 0 Å². The SMILES string of the molecule is COCCCNc1nc(CN2CCCC(C)C2)sc1C(=O)Oc1c(F)c(F)c(F)c(F)c1F. The lowest BCUT2D eigenvalue weighted by molar-refractivity contribution is 0.0722. The third-order valence-electron chi connectivity index (χ3n) is 5.14. The van der Waals surface area contributed by atoms with Gasteiger partial charge in [-0.3, -0.25) is 4.90 Å². The largest absolute Gasteiger partial charge is 0.416 e. The molecular weight excluding hydrogens is 469 g/mol. The molecule has 1 fully saturated rings. The van der Waals surface area contributed by atoms with E-state index in [1.807, 2.05) is 0 Å². The molecule has 6 nitrogen and oxygen atoms in total. The van der Waals surface area contributed by atoms with E-state index in [0.29, 0.717) is 37.0 Å². The van der Waals surface area contributed by atoms with Crippen molar-refractivity contribution >= 4 is 23.1 Å². The lowest BCUT2D eigenvalue weighted by Gasteiger charge is -2.29. The second-order valence-electron chi connectivity index (χ2n) is 7.83. The molecule has 1 unspecified atom stereocenters. The maximum Gasteiger partial charge on any atom is 0.357 e. The number of esters is 1. The van der Waals surface area contributed by atoms with E-state index in [9.17, 15) is 26.7 Å². The number of carbonyl (C=O) groups excluding carboxylic acids is 1. The van der Waals surface area contributed by atoms with Crippen LogP contribution in [0.1, 0.15) is 40.9 Å². The predicted molar refractivity (Wildman–Crippen MR) is 112 cm³/mol. The summed E-state index contributed by atoms with van der Waals surface area (Å²) in [6.07, 6.45) is 2.74. The quantitative estimate of drug-likeness (QED) is 0.136. The number of nitrogens with one attached hydrogen (secondary N) is 1. The molecule has 0 amide bonds. The standard InChI is InChI=1S/C21H24F5N3O3S/c1-11-5-3-7-29(9-11)10-12-28-20(27-6-4-8-31-2)19(33-12)21(30)32-18-16(25)14(23)13(22)15(24)17(18)26/h11,27H,3-10H2,1-2H3. The maximum atomic E-state index is 14.0. The third-order valence-corrected chi connectivity index (χ3v) is 6.16. The van der Waals surface area contributed by atoms with Crippen molar-refractivity contribution < 1.29 is 36.2 Å². The summed E-state index contributed by atoms with van der Waals surface area (Å²) >= 11 is 0.941. The average molecular weight is 493 g/mol. The first-order valence-corrected chi connectivity index (χ1v) is 11.2. The van der Waals surface area contributed by atoms with Crippen LogP contribution in [-0.4, -0.2) is 49.2 Å². The zero-order valence-electron chi connectivity index (χ0n) is 18.2. The van der Waals surface area contributed by atoms with E-state index in [2.05, 4.69) is 26.9 Å². The number of halogens is 5. The first-order chi connectivity index (χ1) is 15.7. The summed E-state index contributed by atoms with van der Waals surface area (Å²) in [5, 5.41) is 3.50. The number of anilines is 1. The number of aromatic nitrogens is 1. The molecule has 182 valence electrons. The van der Waals surface area contributed by atoms with Crippen LogP contribution in [0.3, 0.4) is 0 Å². The minimum absolute atomic E-state index is 0.116. The molecular formula is C21H24F5N3O3S. The molecule has 2 heterocycles. The summed E-state index contributed by atoms with van der Waals surface area (Å²) in [7, 11) is 1.54. The third kappa shape index (κ3) is 5.98. The Labute approximate surface area is 191 Å². The number of carbonyl (C=O) groups is 1. The average Bonchev–Trinajstić information content (AvgIpc) is 3.19. The summed E-state index contributed by atoms with van der Waals surface area (Å²) in [5.74, 6) is -13.5. The topological polar surface area (TPSA) is 63.7 Å². The predicted octanol–water partition coefficient (Wildman–Crippen LogP) is 4.74. The van der Waals surface area contributed by atoms with Crippen LogP contribution in [0.4, 0.5) is 27.8 Å². The number of rotatable bonds is 9. The number of ether oxygens (including phenoxy) is 2. The second-order valence-corrected chi connectivity index (χ2v) is 8.91. The maximum absolute atomic E-state index is 14.0. The summed E-state index contributed by atoms with van der Waals surface area (Å²) in [6.45, 7) is 5.15. The summed E-state index contributed by atoms with van der Waals surface area (Å²) < 4.78 is 77.8. The Kier molecular flexibility index (Phi) is 8.60. The number of likely N-dealkylation sites (tertiary alicyclic amines) is 1. The van der Waals surface area contributed by atoms with Gasteiger partial charge >= 0.3 is 5.97 Å². The van der Waals surface area contributed by atoms with Crippen molar-refractivity contribution in [3.8, 4) is 5.75 Å². The molecule has 1 aliphatic heterocycles. The number of hydrogen-bond donors (Lipinski definition) is 1. The van der Waals surface area contributed by atoms with Crippen molar-refractivity contribution in [1.82, 2.24) is 9.88 Å². The highest BCUT2D eigenvalue weighted by Crippen LogP contribution is 2.32. The van der Waals surface area contributed by atoms with Crippen molar-refractivity contribution in [2.24, 2.45) is 5.92 Å². The van der Waals surface area contributed by atoms with Crippen LogP contribution < -0.4 is 10.1 Å². The Morgan fingerprint density at radius 2 is 1.82 bits per heavy atom. The molecule has 1 saturated heterocycles. The van der Waals surface area contributed by atoms with E-state index in [1.165, 1.54) is 7.11 Å². The van der Waals surface area contributed by atoms with Gasteiger partial charge in [0.05, 0.1) is 6.54 Å². The van der Waals surface area contributed by atoms with Crippen LogP contribution in [0.15, 0.2) is 0 Å². The van der Waals surface area contributed by atoms with E-state index in [1.54, 1.807) is 0 Å². The molecule has 33 heavy (non-hydrogen) atoms. The molecule has 0 aliphatic carbocycles. The minimum atomic E-state index is -2.33. The fourth-order valence-electron chi connectivity index (χ4n) is 3.55. The van der Waals surface area contributed by atoms with Crippen LogP contribution >= 0.6 is 11.3 Å². The molecule has 0 radical (unpaired) electrons. The fraction of sp³-hybridized carbons (Fsp3) is 0.524. The van der Waals surface area contributed by atoms with Gasteiger partial charge in [0.15, 0.2) is 10.7 Å². The van der Waals surface area contributed by atoms with Crippen LogP contribution in [0.5, 0.6) is 5.75 Å². The zero-order valence-corrected chi connectivity index (χ0v) is 19.0. The molecule has 0 bridgehead atoms. The van der Waals surface area contributed by atoms with Crippen molar-refractivity contribution in [3.63, 3.8) is 0 Å². The first-order valence-electron chi connectivity index (χ1n) is 10.4. The van der Waals surface area contributed by atoms with E-state index in [-0.39, 0.29) is 10.7 Å². The second kappa shape index (κ2) is 11.2. The number of hydrogen-bond acceptors (Lipinski definition) is 7. The summed E-state index contributed by atoms with van der Waals surface area (Å²) in [6, 6.07) is 0. The first kappa shape index (κ1) is 25.3. The molecule has 0 saturated carbocycles. The number of thiazole rings is 1. The molecule has 1 N–H and O–H groups in total. The van der Waals surface area contributed by atoms with Gasteiger partial charge in [0.2, 0.25) is 34.8 Å². The molecule has 12 heteroatoms. The molecule has 1 aliphatic rings. The Morgan fingerprint density at radius 3 is 2.45 bits per heavy atom. The van der Waals surface area contributed by atoms with Gasteiger partial charge in [-0.1, -0.05) is 6.92 Å². The number of nitrogens with zero attached hydrogens (tertiary/aromatic N) is 2. The van der Waals surface area contributed by atoms with Gasteiger partial charge in [0.1, 0.15) is 5.01 Å². The summed E-state index contributed by atoms with van der Waals surface area (Å²) in [5.41, 5.74) is 0. The van der Waals surface area contributed by atoms with Gasteiger partial charge in [0.25, 0.3) is 0 Å². The Bertz CT molecular complexity index is 975. The Morgan fingerprint density at radius 1 is 1.15 bits per heavy atom. The number of benzene rings is 1. The van der Waals surface area contributed by atoms with Gasteiger partial charge in [-0.25, -0.2) is 22.9 Å². The molecule has 1 atom stereocenters. The van der Waals surface area contributed by atoms with Gasteiger partial charge < -0.3 is 14.8 Å². The normalized spacial score (nSPS) is 16.8. The molecule has 0 spiro atoms. The van der Waals surface area contributed by atoms with Crippen molar-refractivity contribution in [3.05, 3.63) is 39.0 Å². The van der Waals surface area contributed by atoms with Crippen LogP contribution in [-0.2, 0) is 11.3 Å². The van der Waals surface area contributed by atoms with E-state index < -0.39 is 40.8 Å². The van der Waals surface area contributed by atoms with Crippen molar-refractivity contribution in [2.45, 2.75) is 32.7 Å². The monoisotopic (exact) mass is 493 g/mol. The highest BCUT2D eigenvalue weighted by Gasteiger charge is 2.30. The highest BCUT2D eigenvalue weighted by molar-refractivity contribution is 7.14. The van der Waals surface area contributed by atoms with Gasteiger partial charge in [-0.2, -0.15) is 8.78 Å². The number of methoxy groups -OCH3 is 1. The smallest absolute Gasteiger partial charge is 0.357 e. The van der Waals surface area contributed by atoms with Gasteiger partial charge in [-0.05, 0) is 31.7 Å². The van der Waals surface area contributed by atoms with Crippen LogP contribution in [0, 0.1) is 35.0 Å². The summed E-state index contributed by atoms with van der Waals surface area (Å²) in [4.78, 5) is 19.2. The fourth-order valence-corrected chi connectivity index (χ4v) is 4.51. The number of piperidine rings is 1. The zero-order chi connectivity index (χ0) is 24.1. The lowest BCUT2D eigenvalue weighted by Crippen LogP contribution is -2.33. The van der Waals surface area contributed by atoms with E-state index in [0.717, 1.165) is 37.3 Å². The van der Waals surface area contributed by atoms with Crippen LogP contribution in [0.2, 0.25) is 0 Å². The molecule has 2 aromatic rings. The van der Waals surface area contributed by atoms with Crippen molar-refractivity contribution in [2.75, 3.05) is 38.7 Å². The lowest BCUT2D eigenvalue weighted by atomic mass is 10.0. The molecule has 1 aromatic carbocycles.